The highest BCUT2D eigenvalue weighted by atomic mass is 16.5. The van der Waals surface area contributed by atoms with Gasteiger partial charge in [-0.25, -0.2) is 5.01 Å². The van der Waals surface area contributed by atoms with E-state index < -0.39 is 0 Å². The number of methoxy groups -OCH3 is 2. The molecule has 1 aliphatic carbocycles. The number of hydrogen-bond acceptors (Lipinski definition) is 4. The first-order valence-corrected chi connectivity index (χ1v) is 13.3. The lowest BCUT2D eigenvalue weighted by atomic mass is 9.77. The molecule has 196 valence electrons. The number of hydrazone groups is 1. The molecule has 5 nitrogen and oxygen atoms in total. The van der Waals surface area contributed by atoms with Crippen LogP contribution in [0.4, 0.5) is 0 Å². The fourth-order valence-corrected chi connectivity index (χ4v) is 5.61. The molecular weight excluding hydrogens is 472 g/mol. The molecule has 5 heteroatoms. The summed E-state index contributed by atoms with van der Waals surface area (Å²) in [6.45, 7) is 6.52. The normalized spacial score (nSPS) is 20.2. The number of benzene rings is 3. The van der Waals surface area contributed by atoms with E-state index >= 15 is 0 Å². The zero-order valence-corrected chi connectivity index (χ0v) is 22.9. The second-order valence-electron chi connectivity index (χ2n) is 11.1. The maximum atomic E-state index is 14.0. The lowest BCUT2D eigenvalue weighted by Crippen LogP contribution is -2.32. The highest BCUT2D eigenvalue weighted by Crippen LogP contribution is 2.47. The van der Waals surface area contributed by atoms with Gasteiger partial charge in [-0.1, -0.05) is 69.3 Å². The van der Waals surface area contributed by atoms with Crippen molar-refractivity contribution >= 4 is 17.7 Å². The lowest BCUT2D eigenvalue weighted by Gasteiger charge is -2.30. The topological polar surface area (TPSA) is 51.1 Å². The van der Waals surface area contributed by atoms with Crippen molar-refractivity contribution in [2.45, 2.75) is 51.5 Å². The van der Waals surface area contributed by atoms with Gasteiger partial charge in [0.05, 0.1) is 26.0 Å². The Morgan fingerprint density at radius 3 is 2.26 bits per heavy atom. The maximum absolute atomic E-state index is 14.0. The number of nitrogens with zero attached hydrogens (tertiary/aromatic N) is 2. The molecule has 0 N–H and O–H groups in total. The summed E-state index contributed by atoms with van der Waals surface area (Å²) in [5, 5.41) is 6.76. The zero-order chi connectivity index (χ0) is 26.9. The Balaban J connectivity index is 1.59. The Kier molecular flexibility index (Phi) is 7.11. The second kappa shape index (κ2) is 10.5. The van der Waals surface area contributed by atoms with E-state index in [1.807, 2.05) is 48.5 Å². The number of fused-ring (bicyclic) bond motifs is 1. The SMILES string of the molecule is COc1ccccc1/C=C1\CCC[C@@H]2C1=NN(C(=O)c1ccc(C(C)(C)C)cc1)[C@H]2c1ccccc1OC. The monoisotopic (exact) mass is 508 g/mol. The average Bonchev–Trinajstić information content (AvgIpc) is 3.33. The minimum atomic E-state index is -0.239. The summed E-state index contributed by atoms with van der Waals surface area (Å²) < 4.78 is 11.4. The van der Waals surface area contributed by atoms with Gasteiger partial charge < -0.3 is 9.47 Å². The first kappa shape index (κ1) is 25.8. The van der Waals surface area contributed by atoms with E-state index in [1.165, 1.54) is 5.56 Å². The largest absolute Gasteiger partial charge is 0.496 e. The molecule has 0 unspecified atom stereocenters. The molecule has 38 heavy (non-hydrogen) atoms. The number of carbonyl (C=O) groups excluding carboxylic acids is 1. The smallest absolute Gasteiger partial charge is 0.274 e. The highest BCUT2D eigenvalue weighted by molar-refractivity contribution is 6.09. The van der Waals surface area contributed by atoms with Crippen LogP contribution >= 0.6 is 0 Å². The van der Waals surface area contributed by atoms with Crippen LogP contribution < -0.4 is 9.47 Å². The third kappa shape index (κ3) is 4.85. The molecule has 1 aliphatic heterocycles. The van der Waals surface area contributed by atoms with Gasteiger partial charge in [0, 0.05) is 22.6 Å². The third-order valence-electron chi connectivity index (χ3n) is 7.63. The second-order valence-corrected chi connectivity index (χ2v) is 11.1. The van der Waals surface area contributed by atoms with Crippen molar-refractivity contribution in [3.05, 3.63) is 101 Å². The minimum Gasteiger partial charge on any atom is -0.496 e. The summed E-state index contributed by atoms with van der Waals surface area (Å²) in [5.41, 5.74) is 5.99. The van der Waals surface area contributed by atoms with Crippen molar-refractivity contribution in [1.82, 2.24) is 5.01 Å². The van der Waals surface area contributed by atoms with Gasteiger partial charge in [0.1, 0.15) is 11.5 Å². The van der Waals surface area contributed by atoms with Gasteiger partial charge in [0.15, 0.2) is 0 Å². The number of rotatable bonds is 5. The number of amides is 1. The Morgan fingerprint density at radius 2 is 1.58 bits per heavy atom. The van der Waals surface area contributed by atoms with Crippen LogP contribution in [0.15, 0.2) is 83.5 Å². The van der Waals surface area contributed by atoms with Crippen LogP contribution in [0.5, 0.6) is 11.5 Å². The van der Waals surface area contributed by atoms with Crippen LogP contribution in [0.1, 0.15) is 73.1 Å². The van der Waals surface area contributed by atoms with Gasteiger partial charge in [-0.05, 0) is 66.2 Å². The Morgan fingerprint density at radius 1 is 0.921 bits per heavy atom. The molecule has 2 aliphatic rings. The van der Waals surface area contributed by atoms with Crippen LogP contribution in [0.2, 0.25) is 0 Å². The minimum absolute atomic E-state index is 0.0164. The Hall–Kier alpha value is -3.86. The molecule has 2 atom stereocenters. The van der Waals surface area contributed by atoms with Crippen LogP contribution in [0.25, 0.3) is 6.08 Å². The van der Waals surface area contributed by atoms with Crippen molar-refractivity contribution in [1.29, 1.82) is 0 Å². The lowest BCUT2D eigenvalue weighted by molar-refractivity contribution is 0.0678. The Bertz CT molecular complexity index is 1380. The molecule has 0 saturated heterocycles. The van der Waals surface area contributed by atoms with E-state index in [9.17, 15) is 4.79 Å². The molecule has 1 saturated carbocycles. The fraction of sp³-hybridized carbons (Fsp3) is 0.333. The van der Waals surface area contributed by atoms with Gasteiger partial charge in [-0.3, -0.25) is 4.79 Å². The van der Waals surface area contributed by atoms with Gasteiger partial charge in [0.2, 0.25) is 0 Å². The molecule has 1 heterocycles. The van der Waals surface area contributed by atoms with Gasteiger partial charge in [0.25, 0.3) is 5.91 Å². The predicted octanol–water partition coefficient (Wildman–Crippen LogP) is 7.44. The van der Waals surface area contributed by atoms with Crippen LogP contribution in [0.3, 0.4) is 0 Å². The molecule has 0 aromatic heterocycles. The maximum Gasteiger partial charge on any atom is 0.274 e. The summed E-state index contributed by atoms with van der Waals surface area (Å²) in [4.78, 5) is 14.0. The fourth-order valence-electron chi connectivity index (χ4n) is 5.61. The molecular formula is C33H36N2O3. The molecule has 0 spiro atoms. The molecule has 3 aromatic rings. The van der Waals surface area contributed by atoms with Crippen molar-refractivity contribution in [2.75, 3.05) is 14.2 Å². The van der Waals surface area contributed by atoms with Gasteiger partial charge in [-0.2, -0.15) is 5.10 Å². The van der Waals surface area contributed by atoms with E-state index in [1.54, 1.807) is 19.2 Å². The van der Waals surface area contributed by atoms with Crippen LogP contribution in [0, 0.1) is 5.92 Å². The van der Waals surface area contributed by atoms with Gasteiger partial charge >= 0.3 is 0 Å². The Labute approximate surface area is 225 Å². The first-order chi connectivity index (χ1) is 18.3. The predicted molar refractivity (Wildman–Crippen MR) is 153 cm³/mol. The number of allylic oxidation sites excluding steroid dienone is 1. The van der Waals surface area contributed by atoms with Crippen molar-refractivity contribution in [2.24, 2.45) is 11.0 Å². The molecule has 0 bridgehead atoms. The van der Waals surface area contributed by atoms with E-state index in [2.05, 4.69) is 51.1 Å². The molecule has 1 fully saturated rings. The van der Waals surface area contributed by atoms with E-state index in [0.29, 0.717) is 5.56 Å². The molecule has 1 amide bonds. The zero-order valence-electron chi connectivity index (χ0n) is 22.9. The van der Waals surface area contributed by atoms with Crippen LogP contribution in [-0.4, -0.2) is 30.8 Å². The number of para-hydroxylation sites is 2. The van der Waals surface area contributed by atoms with E-state index in [0.717, 1.165) is 53.2 Å². The van der Waals surface area contributed by atoms with Crippen molar-refractivity contribution in [3.8, 4) is 11.5 Å². The van der Waals surface area contributed by atoms with Crippen molar-refractivity contribution in [3.63, 3.8) is 0 Å². The quantitative estimate of drug-likeness (QED) is 0.360. The summed E-state index contributed by atoms with van der Waals surface area (Å²) in [6.07, 6.45) is 5.07. The summed E-state index contributed by atoms with van der Waals surface area (Å²) >= 11 is 0. The average molecular weight is 509 g/mol. The van der Waals surface area contributed by atoms with Gasteiger partial charge in [-0.15, -0.1) is 0 Å². The molecule has 3 aromatic carbocycles. The standard InChI is InChI=1S/C33H36N2O3/c1-33(2,3)25-19-17-22(18-20-25)32(36)35-31(26-13-7-9-16-29(26)38-5)27-14-10-12-24(30(27)34-35)21-23-11-6-8-15-28(23)37-4/h6-9,11,13,15-21,27,31H,10,12,14H2,1-5H3/b24-21+/t27-,31+/m1/s1. The summed E-state index contributed by atoms with van der Waals surface area (Å²) in [7, 11) is 3.37. The summed E-state index contributed by atoms with van der Waals surface area (Å²) in [6, 6.07) is 23.7. The molecule has 0 radical (unpaired) electrons. The van der Waals surface area contributed by atoms with E-state index in [-0.39, 0.29) is 23.3 Å². The number of hydrogen-bond donors (Lipinski definition) is 0. The number of ether oxygens (including phenoxy) is 2. The van der Waals surface area contributed by atoms with E-state index in [4.69, 9.17) is 14.6 Å². The molecule has 5 rings (SSSR count). The first-order valence-electron chi connectivity index (χ1n) is 13.3. The third-order valence-corrected chi connectivity index (χ3v) is 7.63. The van der Waals surface area contributed by atoms with Crippen molar-refractivity contribution < 1.29 is 14.3 Å². The number of carbonyl (C=O) groups is 1. The highest BCUT2D eigenvalue weighted by Gasteiger charge is 2.45. The van der Waals surface area contributed by atoms with Crippen LogP contribution in [-0.2, 0) is 5.41 Å². The summed E-state index contributed by atoms with van der Waals surface area (Å²) in [5.74, 6) is 1.59.